The second kappa shape index (κ2) is 12.0. The van der Waals surface area contributed by atoms with Crippen molar-refractivity contribution in [2.24, 2.45) is 5.92 Å². The van der Waals surface area contributed by atoms with Gasteiger partial charge in [-0.3, -0.25) is 14.5 Å². The van der Waals surface area contributed by atoms with E-state index in [9.17, 15) is 45.1 Å². The van der Waals surface area contributed by atoms with Crippen LogP contribution in [-0.4, -0.2) is 78.9 Å². The molecule has 0 spiro atoms. The van der Waals surface area contributed by atoms with Crippen molar-refractivity contribution in [3.63, 3.8) is 0 Å². The summed E-state index contributed by atoms with van der Waals surface area (Å²) in [6.07, 6.45) is -9.27. The molecule has 0 bridgehead atoms. The molecule has 2 aromatic carbocycles. The lowest BCUT2D eigenvalue weighted by Crippen LogP contribution is -2.48. The van der Waals surface area contributed by atoms with Crippen LogP contribution in [-0.2, 0) is 21.9 Å². The van der Waals surface area contributed by atoms with Crippen LogP contribution in [0.1, 0.15) is 42.4 Å². The van der Waals surface area contributed by atoms with Gasteiger partial charge in [0.1, 0.15) is 5.82 Å². The standard InChI is InChI=1S/C29H31F7N4O3/c1-17(41)39-10-8-19(9-11-39)26(42)40-15-24(18-4-6-22(30)7-5-18)25(16-40)38(3)27(43)37(2)23-13-20(28(31,32)33)12-21(14-23)29(34,35)36/h4-7,12-14,19,24-25H,8-11,15-16H2,1-3H3/t24-,25+/m0/s1. The van der Waals surface area contributed by atoms with Crippen LogP contribution in [0.25, 0.3) is 0 Å². The zero-order valence-corrected chi connectivity index (χ0v) is 23.7. The third-order valence-corrected chi connectivity index (χ3v) is 8.23. The molecule has 4 amide bonds. The Labute approximate surface area is 243 Å². The maximum Gasteiger partial charge on any atom is 0.416 e. The Balaban J connectivity index is 1.61. The lowest BCUT2D eigenvalue weighted by Gasteiger charge is -2.33. The summed E-state index contributed by atoms with van der Waals surface area (Å²) in [5.74, 6) is -1.65. The molecule has 2 aromatic rings. The molecule has 0 aliphatic carbocycles. The van der Waals surface area contributed by atoms with Crippen molar-refractivity contribution in [3.8, 4) is 0 Å². The first-order valence-electron chi connectivity index (χ1n) is 13.6. The van der Waals surface area contributed by atoms with Gasteiger partial charge >= 0.3 is 18.4 Å². The Kier molecular flexibility index (Phi) is 8.98. The molecule has 4 rings (SSSR count). The molecule has 234 valence electrons. The number of carbonyl (C=O) groups excluding carboxylic acids is 3. The van der Waals surface area contributed by atoms with Crippen molar-refractivity contribution in [3.05, 3.63) is 65.0 Å². The quantitative estimate of drug-likeness (QED) is 0.420. The monoisotopic (exact) mass is 616 g/mol. The molecule has 2 atom stereocenters. The van der Waals surface area contributed by atoms with Crippen molar-refractivity contribution in [2.75, 3.05) is 45.2 Å². The number of halogens is 7. The van der Waals surface area contributed by atoms with E-state index in [1.54, 1.807) is 9.80 Å². The number of alkyl halides is 6. The van der Waals surface area contributed by atoms with Crippen LogP contribution in [0.3, 0.4) is 0 Å². The summed E-state index contributed by atoms with van der Waals surface area (Å²) in [5.41, 5.74) is -3.12. The van der Waals surface area contributed by atoms with Gasteiger partial charge in [-0.15, -0.1) is 0 Å². The van der Waals surface area contributed by atoms with E-state index in [0.29, 0.717) is 48.5 Å². The van der Waals surface area contributed by atoms with Crippen molar-refractivity contribution < 1.29 is 45.1 Å². The molecule has 14 heteroatoms. The van der Waals surface area contributed by atoms with Gasteiger partial charge in [0.2, 0.25) is 11.8 Å². The molecule has 43 heavy (non-hydrogen) atoms. The molecule has 2 fully saturated rings. The Morgan fingerprint density at radius 1 is 0.814 bits per heavy atom. The van der Waals surface area contributed by atoms with Crippen LogP contribution in [0.4, 0.5) is 41.2 Å². The highest BCUT2D eigenvalue weighted by atomic mass is 19.4. The number of likely N-dealkylation sites (N-methyl/N-ethyl adjacent to an activating group) is 1. The molecule has 2 saturated heterocycles. The van der Waals surface area contributed by atoms with Gasteiger partial charge in [-0.05, 0) is 48.7 Å². The normalized spacial score (nSPS) is 19.9. The summed E-state index contributed by atoms with van der Waals surface area (Å²) in [6, 6.07) is 4.77. The molecular formula is C29H31F7N4O3. The maximum absolute atomic E-state index is 13.7. The fourth-order valence-corrected chi connectivity index (χ4v) is 5.72. The number of piperidine rings is 1. The first kappa shape index (κ1) is 32.1. The molecular weight excluding hydrogens is 585 g/mol. The smallest absolute Gasteiger partial charge is 0.343 e. The average molecular weight is 617 g/mol. The first-order valence-corrected chi connectivity index (χ1v) is 13.6. The van der Waals surface area contributed by atoms with E-state index in [2.05, 4.69) is 0 Å². The van der Waals surface area contributed by atoms with Gasteiger partial charge < -0.3 is 14.7 Å². The fraction of sp³-hybridized carbons (Fsp3) is 0.483. The molecule has 2 aliphatic rings. The van der Waals surface area contributed by atoms with Crippen molar-refractivity contribution >= 4 is 23.5 Å². The number of likely N-dealkylation sites (tertiary alicyclic amines) is 2. The Bertz CT molecular complexity index is 1320. The highest BCUT2D eigenvalue weighted by Gasteiger charge is 2.43. The zero-order valence-electron chi connectivity index (χ0n) is 23.7. The Morgan fingerprint density at radius 3 is 1.84 bits per heavy atom. The number of amides is 4. The van der Waals surface area contributed by atoms with Crippen LogP contribution >= 0.6 is 0 Å². The van der Waals surface area contributed by atoms with Gasteiger partial charge in [-0.1, -0.05) is 12.1 Å². The molecule has 2 heterocycles. The van der Waals surface area contributed by atoms with E-state index in [0.717, 1.165) is 7.05 Å². The summed E-state index contributed by atoms with van der Waals surface area (Å²) in [4.78, 5) is 43.8. The van der Waals surface area contributed by atoms with Crippen LogP contribution in [0, 0.1) is 11.7 Å². The third kappa shape index (κ3) is 7.04. The average Bonchev–Trinajstić information content (AvgIpc) is 3.40. The van der Waals surface area contributed by atoms with Crippen molar-refractivity contribution in [1.82, 2.24) is 14.7 Å². The number of benzene rings is 2. The molecule has 0 saturated carbocycles. The molecule has 0 radical (unpaired) electrons. The molecule has 2 aliphatic heterocycles. The molecule has 0 aromatic heterocycles. The summed E-state index contributed by atoms with van der Waals surface area (Å²) in [6.45, 7) is 2.49. The number of hydrogen-bond acceptors (Lipinski definition) is 3. The van der Waals surface area contributed by atoms with Gasteiger partial charge in [0.25, 0.3) is 0 Å². The second-order valence-corrected chi connectivity index (χ2v) is 11.0. The topological polar surface area (TPSA) is 64.2 Å². The van der Waals surface area contributed by atoms with Gasteiger partial charge in [0, 0.05) is 64.7 Å². The summed E-state index contributed by atoms with van der Waals surface area (Å²) in [7, 11) is 2.43. The van der Waals surface area contributed by atoms with Gasteiger partial charge in [0.15, 0.2) is 0 Å². The van der Waals surface area contributed by atoms with E-state index in [4.69, 9.17) is 0 Å². The lowest BCUT2D eigenvalue weighted by molar-refractivity contribution is -0.143. The number of anilines is 1. The fourth-order valence-electron chi connectivity index (χ4n) is 5.72. The highest BCUT2D eigenvalue weighted by molar-refractivity contribution is 5.92. The van der Waals surface area contributed by atoms with E-state index in [-0.39, 0.29) is 36.9 Å². The van der Waals surface area contributed by atoms with Gasteiger partial charge in [0.05, 0.1) is 17.2 Å². The summed E-state index contributed by atoms with van der Waals surface area (Å²) in [5, 5.41) is 0. The van der Waals surface area contributed by atoms with E-state index in [1.807, 2.05) is 0 Å². The van der Waals surface area contributed by atoms with Crippen LogP contribution in [0.15, 0.2) is 42.5 Å². The minimum atomic E-state index is -5.09. The predicted octanol–water partition coefficient (Wildman–Crippen LogP) is 5.60. The minimum Gasteiger partial charge on any atom is -0.343 e. The maximum atomic E-state index is 13.7. The van der Waals surface area contributed by atoms with Crippen molar-refractivity contribution in [1.29, 1.82) is 0 Å². The van der Waals surface area contributed by atoms with E-state index >= 15 is 0 Å². The van der Waals surface area contributed by atoms with E-state index in [1.165, 1.54) is 43.1 Å². The van der Waals surface area contributed by atoms with Crippen LogP contribution < -0.4 is 4.90 Å². The van der Waals surface area contributed by atoms with E-state index < -0.39 is 53.0 Å². The number of nitrogens with zero attached hydrogens (tertiary/aromatic N) is 4. The predicted molar refractivity (Wildman–Crippen MR) is 142 cm³/mol. The van der Waals surface area contributed by atoms with Crippen molar-refractivity contribution in [2.45, 2.75) is 44.1 Å². The number of urea groups is 1. The van der Waals surface area contributed by atoms with Gasteiger partial charge in [-0.25, -0.2) is 9.18 Å². The number of hydrogen-bond donors (Lipinski definition) is 0. The zero-order chi connectivity index (χ0) is 31.9. The Hall–Kier alpha value is -3.84. The summed E-state index contributed by atoms with van der Waals surface area (Å²) >= 11 is 0. The lowest BCUT2D eigenvalue weighted by atomic mass is 9.93. The summed E-state index contributed by atoms with van der Waals surface area (Å²) < 4.78 is 94.3. The SMILES string of the molecule is CC(=O)N1CCC(C(=O)N2C[C@@H](N(C)C(=O)N(C)c3cc(C(F)(F)F)cc(C(F)(F)F)c3)[C@H](c3ccc(F)cc3)C2)CC1. The number of rotatable bonds is 4. The second-order valence-electron chi connectivity index (χ2n) is 11.0. The largest absolute Gasteiger partial charge is 0.416 e. The number of carbonyl (C=O) groups is 3. The highest BCUT2D eigenvalue weighted by Crippen LogP contribution is 2.39. The Morgan fingerprint density at radius 2 is 1.35 bits per heavy atom. The third-order valence-electron chi connectivity index (χ3n) is 8.23. The van der Waals surface area contributed by atoms with Crippen LogP contribution in [0.2, 0.25) is 0 Å². The molecule has 0 unspecified atom stereocenters. The van der Waals surface area contributed by atoms with Gasteiger partial charge in [-0.2, -0.15) is 26.3 Å². The first-order chi connectivity index (χ1) is 20.0. The minimum absolute atomic E-state index is 0.0164. The van der Waals surface area contributed by atoms with Crippen LogP contribution in [0.5, 0.6) is 0 Å². The molecule has 7 nitrogen and oxygen atoms in total. The molecule has 0 N–H and O–H groups in total.